The molecule has 0 radical (unpaired) electrons. The molecule has 192 valence electrons. The van der Waals surface area contributed by atoms with Crippen LogP contribution in [0.15, 0.2) is 42.7 Å². The van der Waals surface area contributed by atoms with Crippen LogP contribution < -0.4 is 5.32 Å². The average Bonchev–Trinajstić information content (AvgIpc) is 3.22. The van der Waals surface area contributed by atoms with Crippen LogP contribution in [0.5, 0.6) is 0 Å². The van der Waals surface area contributed by atoms with Gasteiger partial charge in [-0.25, -0.2) is 4.98 Å². The SMILES string of the molecule is Cc1cnc(NC(=O)CN2CCC3C[C@H](OC(=O)C4(c5ccccc5)CCCCCC4)C3CC2)cn1. The van der Waals surface area contributed by atoms with Gasteiger partial charge in [-0.1, -0.05) is 56.0 Å². The number of anilines is 1. The third-order valence-electron chi connectivity index (χ3n) is 8.56. The number of carbonyl (C=O) groups excluding carboxylic acids is 2. The molecule has 2 unspecified atom stereocenters. The Bertz CT molecular complexity index is 1030. The van der Waals surface area contributed by atoms with Crippen molar-refractivity contribution in [1.29, 1.82) is 0 Å². The Balaban J connectivity index is 1.17. The number of likely N-dealkylation sites (tertiary alicyclic amines) is 1. The molecule has 1 N–H and O–H groups in total. The van der Waals surface area contributed by atoms with Crippen molar-refractivity contribution >= 4 is 17.7 Å². The molecule has 1 amide bonds. The van der Waals surface area contributed by atoms with Crippen LogP contribution in [-0.2, 0) is 19.7 Å². The van der Waals surface area contributed by atoms with Crippen molar-refractivity contribution in [2.45, 2.75) is 76.2 Å². The second-order valence-electron chi connectivity index (χ2n) is 10.9. The van der Waals surface area contributed by atoms with Crippen LogP contribution in [0.4, 0.5) is 5.82 Å². The van der Waals surface area contributed by atoms with E-state index in [-0.39, 0.29) is 18.0 Å². The molecule has 1 aromatic heterocycles. The quantitative estimate of drug-likeness (QED) is 0.468. The Morgan fingerprint density at radius 2 is 1.78 bits per heavy atom. The lowest BCUT2D eigenvalue weighted by atomic mass is 9.68. The molecule has 3 atom stereocenters. The molecule has 0 spiro atoms. The van der Waals surface area contributed by atoms with Gasteiger partial charge in [0.25, 0.3) is 0 Å². The van der Waals surface area contributed by atoms with E-state index in [2.05, 4.69) is 32.3 Å². The van der Waals surface area contributed by atoms with Crippen molar-refractivity contribution in [3.8, 4) is 0 Å². The first-order chi connectivity index (χ1) is 17.5. The number of carbonyl (C=O) groups is 2. The van der Waals surface area contributed by atoms with Crippen LogP contribution in [0.3, 0.4) is 0 Å². The molecular weight excluding hydrogens is 452 g/mol. The summed E-state index contributed by atoms with van der Waals surface area (Å²) in [6.07, 6.45) is 12.5. The number of hydrogen-bond acceptors (Lipinski definition) is 6. The fourth-order valence-corrected chi connectivity index (χ4v) is 6.39. The molecule has 2 saturated carbocycles. The highest BCUT2D eigenvalue weighted by Crippen LogP contribution is 2.46. The normalized spacial score (nSPS) is 26.0. The smallest absolute Gasteiger partial charge is 0.316 e. The Labute approximate surface area is 214 Å². The van der Waals surface area contributed by atoms with E-state index in [0.717, 1.165) is 69.3 Å². The molecule has 7 nitrogen and oxygen atoms in total. The van der Waals surface area contributed by atoms with Crippen LogP contribution in [0.1, 0.15) is 69.0 Å². The maximum absolute atomic E-state index is 13.7. The topological polar surface area (TPSA) is 84.4 Å². The van der Waals surface area contributed by atoms with Gasteiger partial charge >= 0.3 is 5.97 Å². The second-order valence-corrected chi connectivity index (χ2v) is 10.9. The van der Waals surface area contributed by atoms with Gasteiger partial charge in [0.2, 0.25) is 5.91 Å². The molecule has 5 rings (SSSR count). The van der Waals surface area contributed by atoms with E-state index in [1.807, 2.05) is 25.1 Å². The molecular formula is C29H38N4O3. The van der Waals surface area contributed by atoms with Crippen molar-refractivity contribution < 1.29 is 14.3 Å². The van der Waals surface area contributed by atoms with Gasteiger partial charge in [-0.05, 0) is 63.6 Å². The van der Waals surface area contributed by atoms with E-state index in [0.29, 0.717) is 24.2 Å². The Hall–Kier alpha value is -2.80. The van der Waals surface area contributed by atoms with Crippen molar-refractivity contribution in [1.82, 2.24) is 14.9 Å². The number of amides is 1. The number of aryl methyl sites for hydroxylation is 1. The molecule has 1 saturated heterocycles. The minimum atomic E-state index is -0.503. The summed E-state index contributed by atoms with van der Waals surface area (Å²) < 4.78 is 6.32. The number of ether oxygens (including phenoxy) is 1. The first-order valence-electron chi connectivity index (χ1n) is 13.6. The molecule has 3 aliphatic rings. The van der Waals surface area contributed by atoms with E-state index < -0.39 is 5.41 Å². The maximum atomic E-state index is 13.7. The first kappa shape index (κ1) is 24.9. The number of aromatic nitrogens is 2. The fraction of sp³-hybridized carbons (Fsp3) is 0.586. The lowest BCUT2D eigenvalue weighted by molar-refractivity contribution is -0.171. The summed E-state index contributed by atoms with van der Waals surface area (Å²) in [5.74, 6) is 1.37. The summed E-state index contributed by atoms with van der Waals surface area (Å²) in [4.78, 5) is 36.9. The van der Waals surface area contributed by atoms with Gasteiger partial charge in [0.1, 0.15) is 6.10 Å². The third-order valence-corrected chi connectivity index (χ3v) is 8.56. The molecule has 0 bridgehead atoms. The van der Waals surface area contributed by atoms with E-state index in [1.165, 1.54) is 12.8 Å². The van der Waals surface area contributed by atoms with Crippen LogP contribution in [-0.4, -0.2) is 52.5 Å². The van der Waals surface area contributed by atoms with Gasteiger partial charge in [0.15, 0.2) is 5.82 Å². The summed E-state index contributed by atoms with van der Waals surface area (Å²) in [6.45, 7) is 3.94. The predicted octanol–water partition coefficient (Wildman–Crippen LogP) is 4.66. The highest BCUT2D eigenvalue weighted by atomic mass is 16.5. The summed E-state index contributed by atoms with van der Waals surface area (Å²) >= 11 is 0. The predicted molar refractivity (Wildman–Crippen MR) is 138 cm³/mol. The molecule has 36 heavy (non-hydrogen) atoms. The van der Waals surface area contributed by atoms with Crippen LogP contribution in [0, 0.1) is 18.8 Å². The molecule has 2 aromatic rings. The Kier molecular flexibility index (Phi) is 7.65. The van der Waals surface area contributed by atoms with Crippen molar-refractivity contribution in [2.24, 2.45) is 11.8 Å². The van der Waals surface area contributed by atoms with Gasteiger partial charge in [-0.2, -0.15) is 0 Å². The van der Waals surface area contributed by atoms with E-state index in [9.17, 15) is 9.59 Å². The van der Waals surface area contributed by atoms with E-state index >= 15 is 0 Å². The van der Waals surface area contributed by atoms with Gasteiger partial charge < -0.3 is 10.1 Å². The van der Waals surface area contributed by atoms with Crippen LogP contribution in [0.25, 0.3) is 0 Å². The fourth-order valence-electron chi connectivity index (χ4n) is 6.39. The van der Waals surface area contributed by atoms with Gasteiger partial charge in [0, 0.05) is 5.92 Å². The number of rotatable bonds is 6. The largest absolute Gasteiger partial charge is 0.461 e. The lowest BCUT2D eigenvalue weighted by Gasteiger charge is -2.45. The number of nitrogens with zero attached hydrogens (tertiary/aromatic N) is 3. The average molecular weight is 491 g/mol. The zero-order valence-corrected chi connectivity index (χ0v) is 21.3. The van der Waals surface area contributed by atoms with E-state index in [4.69, 9.17) is 4.74 Å². The second kappa shape index (κ2) is 11.1. The zero-order chi connectivity index (χ0) is 25.0. The number of fused-ring (bicyclic) bond motifs is 1. The number of benzene rings is 1. The van der Waals surface area contributed by atoms with E-state index in [1.54, 1.807) is 12.4 Å². The standard InChI is InChI=1S/C29H38N4O3/c1-21-18-31-26(19-30-21)32-27(34)20-33-15-11-22-17-25(24(22)12-16-33)36-28(35)29(13-7-2-3-8-14-29)23-9-5-4-6-10-23/h4-6,9-10,18-19,22,24-25H,2-3,7-8,11-17,20H2,1H3,(H,31,32,34)/t22?,24?,25-/m0/s1. The minimum Gasteiger partial charge on any atom is -0.461 e. The summed E-state index contributed by atoms with van der Waals surface area (Å²) in [6, 6.07) is 10.3. The van der Waals surface area contributed by atoms with Crippen LogP contribution >= 0.6 is 0 Å². The van der Waals surface area contributed by atoms with Gasteiger partial charge in [-0.15, -0.1) is 0 Å². The number of hydrogen-bond donors (Lipinski definition) is 1. The zero-order valence-electron chi connectivity index (χ0n) is 21.3. The third kappa shape index (κ3) is 5.46. The molecule has 7 heteroatoms. The highest BCUT2D eigenvalue weighted by molar-refractivity contribution is 5.91. The summed E-state index contributed by atoms with van der Waals surface area (Å²) in [5.41, 5.74) is 1.43. The van der Waals surface area contributed by atoms with Gasteiger partial charge in [0.05, 0.1) is 30.0 Å². The van der Waals surface area contributed by atoms with Crippen molar-refractivity contribution in [3.05, 3.63) is 54.0 Å². The van der Waals surface area contributed by atoms with Gasteiger partial charge in [-0.3, -0.25) is 19.5 Å². The lowest BCUT2D eigenvalue weighted by Crippen LogP contribution is -2.48. The van der Waals surface area contributed by atoms with Crippen molar-refractivity contribution in [3.63, 3.8) is 0 Å². The Morgan fingerprint density at radius 1 is 1.03 bits per heavy atom. The molecule has 2 heterocycles. The summed E-state index contributed by atoms with van der Waals surface area (Å²) in [7, 11) is 0. The Morgan fingerprint density at radius 3 is 2.50 bits per heavy atom. The number of nitrogens with one attached hydrogen (secondary N) is 1. The highest BCUT2D eigenvalue weighted by Gasteiger charge is 2.48. The minimum absolute atomic E-state index is 0.00273. The molecule has 1 aliphatic heterocycles. The maximum Gasteiger partial charge on any atom is 0.316 e. The number of esters is 1. The monoisotopic (exact) mass is 490 g/mol. The first-order valence-corrected chi connectivity index (χ1v) is 13.6. The molecule has 2 aliphatic carbocycles. The summed E-state index contributed by atoms with van der Waals surface area (Å²) in [5, 5.41) is 2.85. The molecule has 1 aromatic carbocycles. The molecule has 3 fully saturated rings. The van der Waals surface area contributed by atoms with Crippen LogP contribution in [0.2, 0.25) is 0 Å². The van der Waals surface area contributed by atoms with Crippen molar-refractivity contribution in [2.75, 3.05) is 25.0 Å².